The summed E-state index contributed by atoms with van der Waals surface area (Å²) in [6.07, 6.45) is 0.130. The third-order valence-corrected chi connectivity index (χ3v) is 6.51. The van der Waals surface area contributed by atoms with Crippen LogP contribution in [0.25, 0.3) is 11.3 Å². The van der Waals surface area contributed by atoms with Gasteiger partial charge in [-0.05, 0) is 24.3 Å². The molecule has 1 N–H and O–H groups in total. The molecule has 0 radical (unpaired) electrons. The molecule has 0 spiro atoms. The monoisotopic (exact) mass is 481 g/mol. The normalized spacial score (nSPS) is 16.9. The number of hydrogen-bond donors (Lipinski definition) is 1. The van der Waals surface area contributed by atoms with Crippen LogP contribution in [0.4, 0.5) is 10.8 Å². The van der Waals surface area contributed by atoms with Crippen LogP contribution in [0.1, 0.15) is 6.42 Å². The van der Waals surface area contributed by atoms with Gasteiger partial charge in [-0.3, -0.25) is 9.59 Å². The van der Waals surface area contributed by atoms with Crippen molar-refractivity contribution in [2.24, 2.45) is 5.92 Å². The maximum absolute atomic E-state index is 12.9. The number of hydrogen-bond acceptors (Lipinski definition) is 8. The number of benzene rings is 2. The van der Waals surface area contributed by atoms with Crippen molar-refractivity contribution in [2.75, 3.05) is 44.2 Å². The molecule has 9 nitrogen and oxygen atoms in total. The maximum Gasteiger partial charge on any atom is 0.231 e. The second-order valence-corrected chi connectivity index (χ2v) is 8.68. The van der Waals surface area contributed by atoms with Gasteiger partial charge in [-0.25, -0.2) is 4.98 Å². The average Bonchev–Trinajstić information content (AvgIpc) is 3.49. The molecular formula is C24H23N3O6S. The van der Waals surface area contributed by atoms with E-state index in [1.165, 1.54) is 11.3 Å². The lowest BCUT2D eigenvalue weighted by molar-refractivity contribution is -0.122. The van der Waals surface area contributed by atoms with E-state index in [4.69, 9.17) is 18.9 Å². The molecule has 0 aliphatic carbocycles. The van der Waals surface area contributed by atoms with E-state index in [9.17, 15) is 9.59 Å². The highest BCUT2D eigenvalue weighted by Crippen LogP contribution is 2.37. The third-order valence-electron chi connectivity index (χ3n) is 5.75. The molecule has 3 heterocycles. The molecule has 1 aromatic heterocycles. The molecule has 34 heavy (non-hydrogen) atoms. The molecule has 176 valence electrons. The van der Waals surface area contributed by atoms with Gasteiger partial charge in [0.25, 0.3) is 0 Å². The average molecular weight is 482 g/mol. The lowest BCUT2D eigenvalue weighted by Gasteiger charge is -2.22. The minimum atomic E-state index is -0.483. The minimum Gasteiger partial charge on any atom is -0.497 e. The molecular weight excluding hydrogens is 458 g/mol. The zero-order valence-electron chi connectivity index (χ0n) is 18.7. The van der Waals surface area contributed by atoms with Crippen LogP contribution >= 0.6 is 11.3 Å². The van der Waals surface area contributed by atoms with Gasteiger partial charge in [0.1, 0.15) is 24.7 Å². The van der Waals surface area contributed by atoms with E-state index in [1.807, 2.05) is 17.5 Å². The summed E-state index contributed by atoms with van der Waals surface area (Å²) >= 11 is 1.32. The molecule has 1 fully saturated rings. The fourth-order valence-electron chi connectivity index (χ4n) is 4.01. The van der Waals surface area contributed by atoms with E-state index >= 15 is 0 Å². The first kappa shape index (κ1) is 22.0. The molecule has 2 aromatic carbocycles. The number of anilines is 2. The summed E-state index contributed by atoms with van der Waals surface area (Å²) in [6, 6.07) is 10.8. The molecule has 2 aliphatic rings. The van der Waals surface area contributed by atoms with Crippen LogP contribution < -0.4 is 29.2 Å². The molecule has 0 bridgehead atoms. The Morgan fingerprint density at radius 2 is 1.94 bits per heavy atom. The number of amides is 2. The van der Waals surface area contributed by atoms with Gasteiger partial charge in [0.15, 0.2) is 16.6 Å². The number of nitrogens with one attached hydrogen (secondary N) is 1. The second kappa shape index (κ2) is 9.22. The molecule has 0 saturated carbocycles. The lowest BCUT2D eigenvalue weighted by Crippen LogP contribution is -2.28. The van der Waals surface area contributed by atoms with Crippen molar-refractivity contribution in [1.82, 2.24) is 4.98 Å². The van der Waals surface area contributed by atoms with Gasteiger partial charge >= 0.3 is 0 Å². The topological polar surface area (TPSA) is 99.2 Å². The van der Waals surface area contributed by atoms with E-state index in [0.717, 1.165) is 5.56 Å². The number of nitrogens with zero attached hydrogens (tertiary/aromatic N) is 2. The number of ether oxygens (including phenoxy) is 4. The summed E-state index contributed by atoms with van der Waals surface area (Å²) in [6.45, 7) is 1.25. The quantitative estimate of drug-likeness (QED) is 0.574. The Morgan fingerprint density at radius 3 is 2.74 bits per heavy atom. The van der Waals surface area contributed by atoms with Crippen molar-refractivity contribution in [3.8, 4) is 34.3 Å². The van der Waals surface area contributed by atoms with Crippen LogP contribution in [-0.2, 0) is 9.59 Å². The predicted molar refractivity (Wildman–Crippen MR) is 127 cm³/mol. The molecule has 1 unspecified atom stereocenters. The van der Waals surface area contributed by atoms with Gasteiger partial charge in [0, 0.05) is 41.7 Å². The van der Waals surface area contributed by atoms with Crippen molar-refractivity contribution < 1.29 is 28.5 Å². The Balaban J connectivity index is 1.27. The molecule has 5 rings (SSSR count). The van der Waals surface area contributed by atoms with Crippen LogP contribution in [0.15, 0.2) is 41.8 Å². The summed E-state index contributed by atoms with van der Waals surface area (Å²) in [5, 5.41) is 5.17. The summed E-state index contributed by atoms with van der Waals surface area (Å²) in [4.78, 5) is 31.7. The van der Waals surface area contributed by atoms with Gasteiger partial charge in [0.05, 0.1) is 25.8 Å². The van der Waals surface area contributed by atoms with E-state index in [1.54, 1.807) is 43.4 Å². The standard InChI is InChI=1S/C24H23N3O6S/c1-30-16-4-5-17(20(11-16)31-2)18-13-34-24(25-18)26-23(29)14-9-22(28)27(12-14)15-3-6-19-21(10-15)33-8-7-32-19/h3-6,10-11,13-14H,7-9,12H2,1-2H3,(H,25,26,29). The second-order valence-electron chi connectivity index (χ2n) is 7.83. The van der Waals surface area contributed by atoms with Crippen molar-refractivity contribution in [2.45, 2.75) is 6.42 Å². The minimum absolute atomic E-state index is 0.111. The Hall–Kier alpha value is -3.79. The molecule has 1 saturated heterocycles. The molecule has 10 heteroatoms. The van der Waals surface area contributed by atoms with Crippen LogP contribution in [0.2, 0.25) is 0 Å². The molecule has 2 aliphatic heterocycles. The lowest BCUT2D eigenvalue weighted by atomic mass is 10.1. The number of thiazole rings is 1. The third kappa shape index (κ3) is 4.24. The van der Waals surface area contributed by atoms with Crippen LogP contribution in [-0.4, -0.2) is 50.8 Å². The Kier molecular flexibility index (Phi) is 5.97. The number of rotatable bonds is 6. The van der Waals surface area contributed by atoms with Gasteiger partial charge in [-0.15, -0.1) is 11.3 Å². The zero-order chi connectivity index (χ0) is 23.7. The molecule has 2 amide bonds. The van der Waals surface area contributed by atoms with E-state index in [2.05, 4.69) is 10.3 Å². The van der Waals surface area contributed by atoms with E-state index in [0.29, 0.717) is 52.7 Å². The fourth-order valence-corrected chi connectivity index (χ4v) is 4.72. The number of carbonyl (C=O) groups excluding carboxylic acids is 2. The molecule has 1 atom stereocenters. The SMILES string of the molecule is COc1ccc(-c2csc(NC(=O)C3CC(=O)N(c4ccc5c(c4)OCCO5)C3)n2)c(OC)c1. The highest BCUT2D eigenvalue weighted by atomic mass is 32.1. The van der Waals surface area contributed by atoms with Crippen molar-refractivity contribution >= 4 is 34.0 Å². The maximum atomic E-state index is 12.9. The first-order valence-corrected chi connectivity index (χ1v) is 11.6. The Labute approximate surface area is 200 Å². The predicted octanol–water partition coefficient (Wildman–Crippen LogP) is 3.59. The van der Waals surface area contributed by atoms with Crippen LogP contribution in [0, 0.1) is 5.92 Å². The van der Waals surface area contributed by atoms with Gasteiger partial charge < -0.3 is 29.2 Å². The van der Waals surface area contributed by atoms with Crippen molar-refractivity contribution in [1.29, 1.82) is 0 Å². The summed E-state index contributed by atoms with van der Waals surface area (Å²) in [7, 11) is 3.17. The van der Waals surface area contributed by atoms with Crippen LogP contribution in [0.3, 0.4) is 0 Å². The highest BCUT2D eigenvalue weighted by Gasteiger charge is 2.36. The summed E-state index contributed by atoms with van der Waals surface area (Å²) in [5.41, 5.74) is 2.16. The van der Waals surface area contributed by atoms with E-state index < -0.39 is 5.92 Å². The van der Waals surface area contributed by atoms with E-state index in [-0.39, 0.29) is 24.8 Å². The number of methoxy groups -OCH3 is 2. The number of fused-ring (bicyclic) bond motifs is 1. The first-order valence-electron chi connectivity index (χ1n) is 10.7. The summed E-state index contributed by atoms with van der Waals surface area (Å²) < 4.78 is 21.8. The highest BCUT2D eigenvalue weighted by molar-refractivity contribution is 7.14. The first-order chi connectivity index (χ1) is 16.6. The zero-order valence-corrected chi connectivity index (χ0v) is 19.5. The van der Waals surface area contributed by atoms with Gasteiger partial charge in [-0.2, -0.15) is 0 Å². The van der Waals surface area contributed by atoms with Crippen molar-refractivity contribution in [3.63, 3.8) is 0 Å². The molecule has 3 aromatic rings. The van der Waals surface area contributed by atoms with Gasteiger partial charge in [0.2, 0.25) is 11.8 Å². The van der Waals surface area contributed by atoms with Crippen molar-refractivity contribution in [3.05, 3.63) is 41.8 Å². The van der Waals surface area contributed by atoms with Gasteiger partial charge in [-0.1, -0.05) is 0 Å². The number of aromatic nitrogens is 1. The Bertz CT molecular complexity index is 1240. The Morgan fingerprint density at radius 1 is 1.12 bits per heavy atom. The smallest absolute Gasteiger partial charge is 0.231 e. The van der Waals surface area contributed by atoms with Crippen LogP contribution in [0.5, 0.6) is 23.0 Å². The fraction of sp³-hybridized carbons (Fsp3) is 0.292. The number of carbonyl (C=O) groups is 2. The summed E-state index contributed by atoms with van der Waals surface area (Å²) in [5.74, 6) is 1.73. The largest absolute Gasteiger partial charge is 0.497 e.